The first-order valence-corrected chi connectivity index (χ1v) is 11.3. The molecular weight excluding hydrogens is 372 g/mol. The first-order chi connectivity index (χ1) is 13.5. The van der Waals surface area contributed by atoms with Gasteiger partial charge in [-0.3, -0.25) is 4.79 Å². The van der Waals surface area contributed by atoms with Crippen molar-refractivity contribution in [1.29, 1.82) is 0 Å². The van der Waals surface area contributed by atoms with E-state index in [1.54, 1.807) is 6.92 Å². The fraction of sp³-hybridized carbons (Fsp3) is 0.636. The van der Waals surface area contributed by atoms with Gasteiger partial charge in [0.15, 0.2) is 0 Å². The van der Waals surface area contributed by atoms with Gasteiger partial charge in [-0.1, -0.05) is 19.4 Å². The average Bonchev–Trinajstić information content (AvgIpc) is 3.13. The fourth-order valence-electron chi connectivity index (χ4n) is 3.65. The number of hydrogen-bond donors (Lipinski definition) is 2. The van der Waals surface area contributed by atoms with Crippen LogP contribution in [0, 0.1) is 5.92 Å². The molecule has 1 aromatic rings. The molecule has 1 atom stereocenters. The van der Waals surface area contributed by atoms with Crippen molar-refractivity contribution in [3.8, 4) is 0 Å². The van der Waals surface area contributed by atoms with Gasteiger partial charge in [0.1, 0.15) is 4.88 Å². The summed E-state index contributed by atoms with van der Waals surface area (Å²) >= 11 is 1.53. The minimum atomic E-state index is -0.273. The highest BCUT2D eigenvalue weighted by atomic mass is 32.1. The van der Waals surface area contributed by atoms with Crippen molar-refractivity contribution in [2.24, 2.45) is 5.92 Å². The Morgan fingerprint density at radius 1 is 1.29 bits per heavy atom. The Labute approximate surface area is 172 Å². The number of nitrogens with one attached hydrogen (secondary N) is 2. The van der Waals surface area contributed by atoms with Crippen LogP contribution in [-0.2, 0) is 9.53 Å². The van der Waals surface area contributed by atoms with Crippen molar-refractivity contribution in [3.63, 3.8) is 0 Å². The number of thiophene rings is 1. The molecule has 5 nitrogen and oxygen atoms in total. The summed E-state index contributed by atoms with van der Waals surface area (Å²) in [5.74, 6) is 0.260. The number of hydrogen-bond acceptors (Lipinski definition) is 5. The molecule has 1 unspecified atom stereocenters. The van der Waals surface area contributed by atoms with Crippen LogP contribution in [0.15, 0.2) is 12.1 Å². The standard InChI is InChI=1S/C22H34N2O3S/c1-4-9-17(15-24-16(2)25)10-8-13-23-19-14-20(18-11-6-5-7-12-18)28-21(19)22(26)27-3/h11,14,17,23H,4-10,12-13,15H2,1-3H3,(H,24,25). The van der Waals surface area contributed by atoms with Gasteiger partial charge in [0.2, 0.25) is 5.91 Å². The lowest BCUT2D eigenvalue weighted by Gasteiger charge is -2.16. The van der Waals surface area contributed by atoms with Gasteiger partial charge in [-0.25, -0.2) is 4.79 Å². The molecule has 1 heterocycles. The number of rotatable bonds is 11. The summed E-state index contributed by atoms with van der Waals surface area (Å²) in [7, 11) is 1.43. The van der Waals surface area contributed by atoms with E-state index >= 15 is 0 Å². The Morgan fingerprint density at radius 3 is 2.75 bits per heavy atom. The molecule has 6 heteroatoms. The Morgan fingerprint density at radius 2 is 2.11 bits per heavy atom. The molecule has 1 aliphatic carbocycles. The van der Waals surface area contributed by atoms with Crippen LogP contribution in [0.4, 0.5) is 5.69 Å². The number of carbonyl (C=O) groups is 2. The van der Waals surface area contributed by atoms with Gasteiger partial charge in [0, 0.05) is 24.9 Å². The molecule has 0 saturated carbocycles. The van der Waals surface area contributed by atoms with Gasteiger partial charge in [0.05, 0.1) is 12.8 Å². The van der Waals surface area contributed by atoms with Crippen LogP contribution in [0.1, 0.15) is 79.8 Å². The molecule has 0 bridgehead atoms. The number of anilines is 1. The second-order valence-corrected chi connectivity index (χ2v) is 8.53. The summed E-state index contributed by atoms with van der Waals surface area (Å²) in [6.07, 6.45) is 11.3. The number of ether oxygens (including phenoxy) is 1. The summed E-state index contributed by atoms with van der Waals surface area (Å²) in [6.45, 7) is 5.29. The fourth-order valence-corrected chi connectivity index (χ4v) is 4.77. The van der Waals surface area contributed by atoms with E-state index in [-0.39, 0.29) is 11.9 Å². The van der Waals surface area contributed by atoms with Crippen LogP contribution in [0.2, 0.25) is 0 Å². The van der Waals surface area contributed by atoms with Crippen LogP contribution < -0.4 is 10.6 Å². The Bertz CT molecular complexity index is 681. The van der Waals surface area contributed by atoms with Crippen molar-refractivity contribution in [2.75, 3.05) is 25.5 Å². The maximum atomic E-state index is 12.2. The van der Waals surface area contributed by atoms with Crippen LogP contribution in [0.25, 0.3) is 5.57 Å². The highest BCUT2D eigenvalue weighted by Crippen LogP contribution is 2.36. The molecule has 0 radical (unpaired) electrons. The molecule has 0 spiro atoms. The van der Waals surface area contributed by atoms with Crippen molar-refractivity contribution in [3.05, 3.63) is 21.9 Å². The minimum absolute atomic E-state index is 0.0322. The summed E-state index contributed by atoms with van der Waals surface area (Å²) in [5.41, 5.74) is 2.24. The first-order valence-electron chi connectivity index (χ1n) is 10.4. The van der Waals surface area contributed by atoms with E-state index in [1.165, 1.54) is 41.7 Å². The molecule has 0 fully saturated rings. The zero-order valence-electron chi connectivity index (χ0n) is 17.4. The molecule has 1 aliphatic rings. The minimum Gasteiger partial charge on any atom is -0.465 e. The quantitative estimate of drug-likeness (QED) is 0.390. The van der Waals surface area contributed by atoms with Gasteiger partial charge in [-0.05, 0) is 62.5 Å². The van der Waals surface area contributed by atoms with E-state index in [2.05, 4.69) is 29.7 Å². The predicted molar refractivity (Wildman–Crippen MR) is 117 cm³/mol. The Balaban J connectivity index is 1.94. The smallest absolute Gasteiger partial charge is 0.350 e. The predicted octanol–water partition coefficient (Wildman–Crippen LogP) is 5.24. The molecule has 28 heavy (non-hydrogen) atoms. The zero-order valence-corrected chi connectivity index (χ0v) is 18.3. The van der Waals surface area contributed by atoms with E-state index in [0.717, 1.165) is 57.3 Å². The third kappa shape index (κ3) is 6.97. The molecule has 0 aliphatic heterocycles. The van der Waals surface area contributed by atoms with Crippen LogP contribution in [-0.4, -0.2) is 32.1 Å². The van der Waals surface area contributed by atoms with Crippen molar-refractivity contribution in [2.45, 2.75) is 65.2 Å². The molecular formula is C22H34N2O3S. The van der Waals surface area contributed by atoms with E-state index in [1.807, 2.05) is 0 Å². The molecule has 1 amide bonds. The zero-order chi connectivity index (χ0) is 20.4. The molecule has 2 rings (SSSR count). The van der Waals surface area contributed by atoms with Crippen molar-refractivity contribution in [1.82, 2.24) is 5.32 Å². The second-order valence-electron chi connectivity index (χ2n) is 7.48. The van der Waals surface area contributed by atoms with Crippen LogP contribution in [0.5, 0.6) is 0 Å². The lowest BCUT2D eigenvalue weighted by Crippen LogP contribution is -2.27. The van der Waals surface area contributed by atoms with Gasteiger partial charge in [-0.2, -0.15) is 0 Å². The summed E-state index contributed by atoms with van der Waals surface area (Å²) < 4.78 is 4.98. The molecule has 0 aromatic carbocycles. The number of carbonyl (C=O) groups excluding carboxylic acids is 2. The van der Waals surface area contributed by atoms with Gasteiger partial charge in [0.25, 0.3) is 0 Å². The van der Waals surface area contributed by atoms with E-state index < -0.39 is 0 Å². The number of esters is 1. The lowest BCUT2D eigenvalue weighted by atomic mass is 9.97. The van der Waals surface area contributed by atoms with Gasteiger partial charge < -0.3 is 15.4 Å². The highest BCUT2D eigenvalue weighted by Gasteiger charge is 2.19. The summed E-state index contributed by atoms with van der Waals surface area (Å²) in [5, 5.41) is 6.38. The molecule has 1 aromatic heterocycles. The molecule has 0 saturated heterocycles. The average molecular weight is 407 g/mol. The third-order valence-electron chi connectivity index (χ3n) is 5.15. The van der Waals surface area contributed by atoms with Crippen molar-refractivity contribution < 1.29 is 14.3 Å². The SMILES string of the molecule is CCCC(CCCNc1cc(C2=CCCCC2)sc1C(=O)OC)CNC(C)=O. The van der Waals surface area contributed by atoms with Crippen LogP contribution >= 0.6 is 11.3 Å². The summed E-state index contributed by atoms with van der Waals surface area (Å²) in [6, 6.07) is 2.11. The number of amides is 1. The van der Waals surface area contributed by atoms with E-state index in [9.17, 15) is 9.59 Å². The number of allylic oxidation sites excluding steroid dienone is 2. The topological polar surface area (TPSA) is 67.4 Å². The van der Waals surface area contributed by atoms with E-state index in [0.29, 0.717) is 10.8 Å². The monoisotopic (exact) mass is 406 g/mol. The van der Waals surface area contributed by atoms with Gasteiger partial charge in [-0.15, -0.1) is 11.3 Å². The van der Waals surface area contributed by atoms with E-state index in [4.69, 9.17) is 4.74 Å². The highest BCUT2D eigenvalue weighted by molar-refractivity contribution is 7.15. The van der Waals surface area contributed by atoms with Gasteiger partial charge >= 0.3 is 5.97 Å². The third-order valence-corrected chi connectivity index (χ3v) is 6.34. The lowest BCUT2D eigenvalue weighted by molar-refractivity contribution is -0.119. The first kappa shape index (κ1) is 22.5. The molecule has 156 valence electrons. The second kappa shape index (κ2) is 11.9. The molecule has 2 N–H and O–H groups in total. The number of methoxy groups -OCH3 is 1. The largest absolute Gasteiger partial charge is 0.465 e. The Hall–Kier alpha value is -1.82. The van der Waals surface area contributed by atoms with Crippen LogP contribution in [0.3, 0.4) is 0 Å². The van der Waals surface area contributed by atoms with Crippen molar-refractivity contribution >= 4 is 34.5 Å². The normalized spacial score (nSPS) is 14.9. The summed E-state index contributed by atoms with van der Waals surface area (Å²) in [4.78, 5) is 25.2. The maximum Gasteiger partial charge on any atom is 0.350 e. The maximum absolute atomic E-state index is 12.2. The Kier molecular flexibility index (Phi) is 9.55.